The Morgan fingerprint density at radius 1 is 1.12 bits per heavy atom. The maximum atomic E-state index is 5.37. The van der Waals surface area contributed by atoms with E-state index in [0.29, 0.717) is 0 Å². The third kappa shape index (κ3) is 8.08. The van der Waals surface area contributed by atoms with Crippen molar-refractivity contribution in [1.82, 2.24) is 10.2 Å². The minimum Gasteiger partial charge on any atom is -0.380 e. The summed E-state index contributed by atoms with van der Waals surface area (Å²) in [4.78, 5) is 2.42. The van der Waals surface area contributed by atoms with Gasteiger partial charge in [0.15, 0.2) is 0 Å². The first-order chi connectivity index (χ1) is 7.55. The van der Waals surface area contributed by atoms with Crippen molar-refractivity contribution in [2.24, 2.45) is 0 Å². The highest BCUT2D eigenvalue weighted by Crippen LogP contribution is 2.05. The monoisotopic (exact) mass is 230 g/mol. The number of nitrogens with zero attached hydrogens (tertiary/aromatic N) is 1. The van der Waals surface area contributed by atoms with Crippen LogP contribution >= 0.6 is 0 Å². The molecule has 0 aromatic heterocycles. The molecule has 3 nitrogen and oxygen atoms in total. The molecule has 0 amide bonds. The number of hydrogen-bond acceptors (Lipinski definition) is 3. The maximum Gasteiger partial charge on any atom is 0.0593 e. The zero-order valence-corrected chi connectivity index (χ0v) is 11.8. The van der Waals surface area contributed by atoms with Gasteiger partial charge >= 0.3 is 0 Å². The van der Waals surface area contributed by atoms with Crippen molar-refractivity contribution < 1.29 is 4.74 Å². The molecule has 98 valence electrons. The van der Waals surface area contributed by atoms with Gasteiger partial charge in [-0.1, -0.05) is 13.8 Å². The standard InChI is InChI=1S/C13H30N2O/c1-6-13(4,5)14-9-10-15(7-2)11-12-16-8-3/h14H,6-12H2,1-5H3. The zero-order valence-electron chi connectivity index (χ0n) is 11.8. The maximum absolute atomic E-state index is 5.37. The topological polar surface area (TPSA) is 24.5 Å². The van der Waals surface area contributed by atoms with Crippen LogP contribution in [0.3, 0.4) is 0 Å². The van der Waals surface area contributed by atoms with Crippen molar-refractivity contribution in [3.8, 4) is 0 Å². The summed E-state index contributed by atoms with van der Waals surface area (Å²) in [5.41, 5.74) is 0.263. The van der Waals surface area contributed by atoms with Gasteiger partial charge in [0.1, 0.15) is 0 Å². The minimum atomic E-state index is 0.263. The first-order valence-electron chi connectivity index (χ1n) is 6.60. The highest BCUT2D eigenvalue weighted by atomic mass is 16.5. The van der Waals surface area contributed by atoms with Gasteiger partial charge in [0.2, 0.25) is 0 Å². The second-order valence-electron chi connectivity index (χ2n) is 4.80. The van der Waals surface area contributed by atoms with E-state index in [-0.39, 0.29) is 5.54 Å². The van der Waals surface area contributed by atoms with Gasteiger partial charge in [-0.2, -0.15) is 0 Å². The van der Waals surface area contributed by atoms with Crippen molar-refractivity contribution in [2.45, 2.75) is 46.6 Å². The lowest BCUT2D eigenvalue weighted by molar-refractivity contribution is 0.114. The van der Waals surface area contributed by atoms with E-state index in [2.05, 4.69) is 37.9 Å². The fourth-order valence-corrected chi connectivity index (χ4v) is 1.44. The minimum absolute atomic E-state index is 0.263. The second-order valence-corrected chi connectivity index (χ2v) is 4.80. The van der Waals surface area contributed by atoms with E-state index in [9.17, 15) is 0 Å². The predicted molar refractivity (Wildman–Crippen MR) is 71.0 cm³/mol. The van der Waals surface area contributed by atoms with E-state index in [1.807, 2.05) is 6.92 Å². The average molecular weight is 230 g/mol. The van der Waals surface area contributed by atoms with Gasteiger partial charge in [0, 0.05) is 31.8 Å². The molecule has 0 atom stereocenters. The molecule has 0 unspecified atom stereocenters. The van der Waals surface area contributed by atoms with E-state index in [1.54, 1.807) is 0 Å². The van der Waals surface area contributed by atoms with Crippen LogP contribution < -0.4 is 5.32 Å². The van der Waals surface area contributed by atoms with Crippen LogP contribution in [0.5, 0.6) is 0 Å². The van der Waals surface area contributed by atoms with Crippen LogP contribution in [0.4, 0.5) is 0 Å². The normalized spacial score (nSPS) is 12.4. The molecule has 0 saturated heterocycles. The average Bonchev–Trinajstić information content (AvgIpc) is 2.27. The van der Waals surface area contributed by atoms with Crippen LogP contribution in [-0.4, -0.2) is 49.8 Å². The number of ether oxygens (including phenoxy) is 1. The summed E-state index contributed by atoms with van der Waals surface area (Å²) in [6.45, 7) is 16.9. The SMILES string of the molecule is CCOCCN(CC)CCNC(C)(C)CC. The number of rotatable bonds is 10. The molecule has 1 N–H and O–H groups in total. The van der Waals surface area contributed by atoms with E-state index < -0.39 is 0 Å². The summed E-state index contributed by atoms with van der Waals surface area (Å²) in [7, 11) is 0. The fourth-order valence-electron chi connectivity index (χ4n) is 1.44. The van der Waals surface area contributed by atoms with Gasteiger partial charge in [-0.25, -0.2) is 0 Å². The first kappa shape index (κ1) is 15.9. The molecule has 0 fully saturated rings. The molecule has 0 aliphatic carbocycles. The summed E-state index contributed by atoms with van der Waals surface area (Å²) >= 11 is 0. The molecule has 0 bridgehead atoms. The molecule has 0 saturated carbocycles. The molecular weight excluding hydrogens is 200 g/mol. The Hall–Kier alpha value is -0.120. The smallest absolute Gasteiger partial charge is 0.0593 e. The van der Waals surface area contributed by atoms with Crippen LogP contribution in [0.15, 0.2) is 0 Å². The highest BCUT2D eigenvalue weighted by molar-refractivity contribution is 4.75. The molecule has 3 heteroatoms. The quantitative estimate of drug-likeness (QED) is 0.582. The van der Waals surface area contributed by atoms with Crippen LogP contribution in [0.25, 0.3) is 0 Å². The lowest BCUT2D eigenvalue weighted by Crippen LogP contribution is -2.43. The molecular formula is C13H30N2O. The number of likely N-dealkylation sites (N-methyl/N-ethyl adjacent to an activating group) is 1. The molecule has 0 radical (unpaired) electrons. The molecule has 0 aliphatic heterocycles. The predicted octanol–water partition coefficient (Wildman–Crippen LogP) is 2.12. The molecule has 0 heterocycles. The Morgan fingerprint density at radius 3 is 2.31 bits per heavy atom. The Labute approximate surface area is 102 Å². The van der Waals surface area contributed by atoms with Gasteiger partial charge in [0.05, 0.1) is 6.61 Å². The third-order valence-corrected chi connectivity index (χ3v) is 3.12. The summed E-state index contributed by atoms with van der Waals surface area (Å²) in [5, 5.41) is 3.58. The van der Waals surface area contributed by atoms with E-state index >= 15 is 0 Å². The zero-order chi connectivity index (χ0) is 12.4. The van der Waals surface area contributed by atoms with Crippen LogP contribution in [0, 0.1) is 0 Å². The van der Waals surface area contributed by atoms with Crippen molar-refractivity contribution in [3.05, 3.63) is 0 Å². The first-order valence-corrected chi connectivity index (χ1v) is 6.60. The Kier molecular flexibility index (Phi) is 8.90. The highest BCUT2D eigenvalue weighted by Gasteiger charge is 2.13. The van der Waals surface area contributed by atoms with Gasteiger partial charge in [-0.3, -0.25) is 0 Å². The molecule has 0 aromatic carbocycles. The largest absolute Gasteiger partial charge is 0.380 e. The van der Waals surface area contributed by atoms with Crippen molar-refractivity contribution >= 4 is 0 Å². The summed E-state index contributed by atoms with van der Waals surface area (Å²) in [6, 6.07) is 0. The van der Waals surface area contributed by atoms with Crippen LogP contribution in [0.2, 0.25) is 0 Å². The van der Waals surface area contributed by atoms with E-state index in [4.69, 9.17) is 4.74 Å². The lowest BCUT2D eigenvalue weighted by atomic mass is 10.0. The third-order valence-electron chi connectivity index (χ3n) is 3.12. The molecule has 16 heavy (non-hydrogen) atoms. The molecule has 0 rings (SSSR count). The van der Waals surface area contributed by atoms with E-state index in [1.165, 1.54) is 0 Å². The molecule has 0 aromatic rings. The number of hydrogen-bond donors (Lipinski definition) is 1. The van der Waals surface area contributed by atoms with Crippen molar-refractivity contribution in [3.63, 3.8) is 0 Å². The summed E-state index contributed by atoms with van der Waals surface area (Å²) < 4.78 is 5.37. The Morgan fingerprint density at radius 2 is 1.81 bits per heavy atom. The lowest BCUT2D eigenvalue weighted by Gasteiger charge is -2.27. The summed E-state index contributed by atoms with van der Waals surface area (Å²) in [6.07, 6.45) is 1.16. The van der Waals surface area contributed by atoms with Gasteiger partial charge in [-0.15, -0.1) is 0 Å². The molecule has 0 spiro atoms. The second kappa shape index (κ2) is 8.97. The van der Waals surface area contributed by atoms with Gasteiger partial charge in [0.25, 0.3) is 0 Å². The van der Waals surface area contributed by atoms with Crippen LogP contribution in [-0.2, 0) is 4.74 Å². The molecule has 0 aliphatic rings. The number of nitrogens with one attached hydrogen (secondary N) is 1. The van der Waals surface area contributed by atoms with Gasteiger partial charge in [-0.05, 0) is 33.7 Å². The van der Waals surface area contributed by atoms with Crippen molar-refractivity contribution in [1.29, 1.82) is 0 Å². The van der Waals surface area contributed by atoms with Gasteiger partial charge < -0.3 is 15.0 Å². The van der Waals surface area contributed by atoms with Crippen LogP contribution in [0.1, 0.15) is 41.0 Å². The Balaban J connectivity index is 3.62. The summed E-state index contributed by atoms with van der Waals surface area (Å²) in [5.74, 6) is 0. The van der Waals surface area contributed by atoms with Crippen molar-refractivity contribution in [2.75, 3.05) is 39.4 Å². The fraction of sp³-hybridized carbons (Fsp3) is 1.00. The van der Waals surface area contributed by atoms with E-state index in [0.717, 1.165) is 45.8 Å². The Bertz CT molecular complexity index is 160.